The van der Waals surface area contributed by atoms with Crippen LogP contribution in [-0.2, 0) is 11.2 Å². The third-order valence-corrected chi connectivity index (χ3v) is 4.10. The fourth-order valence-electron chi connectivity index (χ4n) is 2.69. The van der Waals surface area contributed by atoms with Crippen LogP contribution >= 0.6 is 0 Å². The first-order chi connectivity index (χ1) is 12.2. The first kappa shape index (κ1) is 20.0. The van der Waals surface area contributed by atoms with Crippen LogP contribution in [0.25, 0.3) is 0 Å². The zero-order chi connectivity index (χ0) is 19.2. The minimum Gasteiger partial charge on any atom is -0.338 e. The normalized spacial score (nSPS) is 16.1. The Labute approximate surface area is 150 Å². The van der Waals surface area contributed by atoms with E-state index in [1.165, 1.54) is 4.90 Å². The number of carbonyl (C=O) groups is 2. The minimum absolute atomic E-state index is 0.124. The molecule has 0 saturated carbocycles. The molecule has 6 nitrogen and oxygen atoms in total. The van der Waals surface area contributed by atoms with Crippen LogP contribution in [0.1, 0.15) is 18.4 Å². The number of halogens is 3. The summed E-state index contributed by atoms with van der Waals surface area (Å²) in [6, 6.07) is 9.14. The number of hydrogen-bond donors (Lipinski definition) is 2. The second kappa shape index (κ2) is 8.88. The quantitative estimate of drug-likeness (QED) is 0.765. The fraction of sp³-hybridized carbons (Fsp3) is 0.529. The molecule has 9 heteroatoms. The smallest absolute Gasteiger partial charge is 0.338 e. The molecule has 2 rings (SSSR count). The molecule has 3 amide bonds. The second-order valence-electron chi connectivity index (χ2n) is 6.33. The average Bonchev–Trinajstić information content (AvgIpc) is 2.94. The maximum Gasteiger partial charge on any atom is 0.390 e. The van der Waals surface area contributed by atoms with E-state index in [-0.39, 0.29) is 19.3 Å². The molecule has 1 saturated heterocycles. The number of benzene rings is 1. The monoisotopic (exact) mass is 372 g/mol. The molecular formula is C17H23F3N4O2. The Morgan fingerprint density at radius 2 is 1.96 bits per heavy atom. The summed E-state index contributed by atoms with van der Waals surface area (Å²) < 4.78 is 36.7. The van der Waals surface area contributed by atoms with E-state index in [0.717, 1.165) is 10.5 Å². The predicted octanol–water partition coefficient (Wildman–Crippen LogP) is 1.71. The highest BCUT2D eigenvalue weighted by Crippen LogP contribution is 2.21. The molecule has 3 N–H and O–H groups in total. The molecule has 144 valence electrons. The lowest BCUT2D eigenvalue weighted by atomic mass is 10.0. The van der Waals surface area contributed by atoms with E-state index in [1.807, 2.05) is 30.3 Å². The van der Waals surface area contributed by atoms with Crippen molar-refractivity contribution >= 4 is 11.9 Å². The Kier molecular flexibility index (Phi) is 6.84. The third-order valence-electron chi connectivity index (χ3n) is 4.10. The number of rotatable bonds is 7. The number of urea groups is 1. The van der Waals surface area contributed by atoms with Crippen molar-refractivity contribution in [2.75, 3.05) is 26.3 Å². The van der Waals surface area contributed by atoms with Gasteiger partial charge < -0.3 is 16.0 Å². The predicted molar refractivity (Wildman–Crippen MR) is 90.1 cm³/mol. The second-order valence-corrected chi connectivity index (χ2v) is 6.33. The van der Waals surface area contributed by atoms with Gasteiger partial charge in [-0.25, -0.2) is 4.79 Å². The Morgan fingerprint density at radius 3 is 2.62 bits per heavy atom. The maximum atomic E-state index is 12.2. The van der Waals surface area contributed by atoms with Crippen molar-refractivity contribution in [3.63, 3.8) is 0 Å². The number of nitrogens with two attached hydrogens (primary N) is 1. The summed E-state index contributed by atoms with van der Waals surface area (Å²) in [4.78, 5) is 26.0. The molecule has 0 aliphatic carbocycles. The minimum atomic E-state index is -4.33. The molecule has 0 aromatic heterocycles. The van der Waals surface area contributed by atoms with Gasteiger partial charge in [0.1, 0.15) is 6.54 Å². The Morgan fingerprint density at radius 1 is 1.27 bits per heavy atom. The van der Waals surface area contributed by atoms with Crippen molar-refractivity contribution in [2.45, 2.75) is 31.5 Å². The highest BCUT2D eigenvalue weighted by Gasteiger charge is 2.34. The Balaban J connectivity index is 1.69. The van der Waals surface area contributed by atoms with Gasteiger partial charge in [0.15, 0.2) is 0 Å². The van der Waals surface area contributed by atoms with Crippen LogP contribution in [0.15, 0.2) is 30.3 Å². The summed E-state index contributed by atoms with van der Waals surface area (Å²) in [7, 11) is 0. The van der Waals surface area contributed by atoms with Crippen LogP contribution in [0.4, 0.5) is 18.0 Å². The summed E-state index contributed by atoms with van der Waals surface area (Å²) >= 11 is 0. The van der Waals surface area contributed by atoms with Crippen LogP contribution in [0.3, 0.4) is 0 Å². The standard InChI is InChI=1S/C17H23F3N4O2/c18-17(19,20)7-9-23-12-24(11-15(23)25)16(26)22-8-6-14(21)10-13-4-2-1-3-5-13/h1-5,14H,6-12,21H2,(H,22,26). The van der Waals surface area contributed by atoms with E-state index < -0.39 is 31.1 Å². The van der Waals surface area contributed by atoms with E-state index >= 15 is 0 Å². The van der Waals surface area contributed by atoms with Gasteiger partial charge in [-0.2, -0.15) is 13.2 Å². The fourth-order valence-corrected chi connectivity index (χ4v) is 2.69. The lowest BCUT2D eigenvalue weighted by Gasteiger charge is -2.19. The first-order valence-corrected chi connectivity index (χ1v) is 8.41. The van der Waals surface area contributed by atoms with Crippen LogP contribution in [0.5, 0.6) is 0 Å². The lowest BCUT2D eigenvalue weighted by molar-refractivity contribution is -0.142. The molecule has 0 spiro atoms. The van der Waals surface area contributed by atoms with Gasteiger partial charge in [-0.3, -0.25) is 9.69 Å². The van der Waals surface area contributed by atoms with Crippen LogP contribution in [0, 0.1) is 0 Å². The summed E-state index contributed by atoms with van der Waals surface area (Å²) in [5, 5.41) is 2.66. The number of carbonyl (C=O) groups excluding carboxylic acids is 2. The van der Waals surface area contributed by atoms with E-state index in [4.69, 9.17) is 5.73 Å². The van der Waals surface area contributed by atoms with Gasteiger partial charge in [0.25, 0.3) is 0 Å². The summed E-state index contributed by atoms with van der Waals surface area (Å²) in [6.45, 7) is -0.440. The SMILES string of the molecule is NC(CCNC(=O)N1CC(=O)N(CCC(F)(F)F)C1)Cc1ccccc1. The molecule has 1 aromatic rings. The molecule has 0 radical (unpaired) electrons. The number of nitrogens with one attached hydrogen (secondary N) is 1. The first-order valence-electron chi connectivity index (χ1n) is 8.41. The number of nitrogens with zero attached hydrogens (tertiary/aromatic N) is 2. The van der Waals surface area contributed by atoms with Gasteiger partial charge in [0.2, 0.25) is 5.91 Å². The summed E-state index contributed by atoms with van der Waals surface area (Å²) in [6.07, 6.45) is -4.17. The Hall–Kier alpha value is -2.29. The average molecular weight is 372 g/mol. The van der Waals surface area contributed by atoms with Gasteiger partial charge in [-0.1, -0.05) is 30.3 Å². The van der Waals surface area contributed by atoms with Gasteiger partial charge in [0.05, 0.1) is 13.1 Å². The van der Waals surface area contributed by atoms with Crippen molar-refractivity contribution in [2.24, 2.45) is 5.73 Å². The summed E-state index contributed by atoms with van der Waals surface area (Å²) in [5.74, 6) is -0.481. The van der Waals surface area contributed by atoms with Gasteiger partial charge in [-0.15, -0.1) is 0 Å². The maximum absolute atomic E-state index is 12.2. The summed E-state index contributed by atoms with van der Waals surface area (Å²) in [5.41, 5.74) is 7.14. The molecule has 26 heavy (non-hydrogen) atoms. The number of hydrogen-bond acceptors (Lipinski definition) is 3. The topological polar surface area (TPSA) is 78.7 Å². The van der Waals surface area contributed by atoms with Crippen molar-refractivity contribution in [3.8, 4) is 0 Å². The third kappa shape index (κ3) is 6.55. The molecule has 0 bridgehead atoms. The van der Waals surface area contributed by atoms with Crippen molar-refractivity contribution in [1.29, 1.82) is 0 Å². The zero-order valence-corrected chi connectivity index (χ0v) is 14.3. The van der Waals surface area contributed by atoms with Crippen LogP contribution in [-0.4, -0.2) is 60.3 Å². The van der Waals surface area contributed by atoms with Gasteiger partial charge in [-0.05, 0) is 18.4 Å². The van der Waals surface area contributed by atoms with Gasteiger partial charge >= 0.3 is 12.2 Å². The largest absolute Gasteiger partial charge is 0.390 e. The Bertz CT molecular complexity index is 610. The molecule has 1 fully saturated rings. The molecule has 1 unspecified atom stereocenters. The molecule has 1 aliphatic rings. The molecule has 1 aromatic carbocycles. The highest BCUT2D eigenvalue weighted by atomic mass is 19.4. The zero-order valence-electron chi connectivity index (χ0n) is 14.3. The van der Waals surface area contributed by atoms with E-state index in [1.54, 1.807) is 0 Å². The van der Waals surface area contributed by atoms with E-state index in [0.29, 0.717) is 19.4 Å². The molecular weight excluding hydrogens is 349 g/mol. The van der Waals surface area contributed by atoms with E-state index in [2.05, 4.69) is 5.32 Å². The van der Waals surface area contributed by atoms with Crippen LogP contribution in [0.2, 0.25) is 0 Å². The highest BCUT2D eigenvalue weighted by molar-refractivity contribution is 5.87. The number of amides is 3. The molecule has 1 heterocycles. The molecule has 1 atom stereocenters. The number of alkyl halides is 3. The van der Waals surface area contributed by atoms with Crippen molar-refractivity contribution < 1.29 is 22.8 Å². The lowest BCUT2D eigenvalue weighted by Crippen LogP contribution is -2.41. The van der Waals surface area contributed by atoms with E-state index in [9.17, 15) is 22.8 Å². The molecule has 1 aliphatic heterocycles. The van der Waals surface area contributed by atoms with Crippen molar-refractivity contribution in [3.05, 3.63) is 35.9 Å². The van der Waals surface area contributed by atoms with Gasteiger partial charge in [0, 0.05) is 19.1 Å². The van der Waals surface area contributed by atoms with Crippen molar-refractivity contribution in [1.82, 2.24) is 15.1 Å². The van der Waals surface area contributed by atoms with Crippen LogP contribution < -0.4 is 11.1 Å².